The van der Waals surface area contributed by atoms with Gasteiger partial charge in [-0.25, -0.2) is 0 Å². The van der Waals surface area contributed by atoms with Gasteiger partial charge in [-0.05, 0) is 53.3 Å². The van der Waals surface area contributed by atoms with Crippen molar-refractivity contribution in [1.29, 1.82) is 0 Å². The number of rotatable bonds is 3. The average molecular weight is 453 g/mol. The largest absolute Gasteiger partial charge is 0.396 e. The first-order valence-electron chi connectivity index (χ1n) is 11.9. The summed E-state index contributed by atoms with van der Waals surface area (Å²) in [4.78, 5) is 7.39. The van der Waals surface area contributed by atoms with Crippen molar-refractivity contribution in [1.82, 2.24) is 4.57 Å². The molecule has 0 bridgehead atoms. The fraction of sp³-hybridized carbons (Fsp3) is 0.0645. The highest BCUT2D eigenvalue weighted by atomic mass is 15.3. The Balaban J connectivity index is 1.40. The maximum absolute atomic E-state index is 6.79. The van der Waals surface area contributed by atoms with Crippen LogP contribution in [0.1, 0.15) is 11.3 Å². The van der Waals surface area contributed by atoms with Crippen molar-refractivity contribution < 1.29 is 0 Å². The summed E-state index contributed by atoms with van der Waals surface area (Å²) in [5.74, 6) is 0. The number of benzene rings is 4. The number of aromatic nitrogens is 1. The van der Waals surface area contributed by atoms with Crippen LogP contribution in [0.4, 0.5) is 11.4 Å². The molecule has 0 aliphatic carbocycles. The van der Waals surface area contributed by atoms with Crippen molar-refractivity contribution in [2.24, 2.45) is 4.99 Å². The van der Waals surface area contributed by atoms with E-state index in [1.54, 1.807) is 0 Å². The van der Waals surface area contributed by atoms with Gasteiger partial charge in [-0.1, -0.05) is 72.8 Å². The third-order valence-electron chi connectivity index (χ3n) is 7.03. The molecule has 4 aromatic carbocycles. The summed E-state index contributed by atoms with van der Waals surface area (Å²) < 4.78 is 2.27. The van der Waals surface area contributed by atoms with Gasteiger partial charge in [0.25, 0.3) is 0 Å². The van der Waals surface area contributed by atoms with Crippen molar-refractivity contribution in [3.8, 4) is 5.69 Å². The molecular formula is C31H24N4. The topological polar surface area (TPSA) is 46.5 Å². The summed E-state index contributed by atoms with van der Waals surface area (Å²) in [5.41, 5.74) is 14.5. The molecule has 1 aromatic heterocycles. The third kappa shape index (κ3) is 3.11. The number of fused-ring (bicyclic) bond motifs is 3. The van der Waals surface area contributed by atoms with E-state index in [1.807, 2.05) is 18.2 Å². The lowest BCUT2D eigenvalue weighted by atomic mass is 10.1. The zero-order chi connectivity index (χ0) is 23.4. The lowest BCUT2D eigenvalue weighted by Crippen LogP contribution is -2.29. The van der Waals surface area contributed by atoms with E-state index in [1.165, 1.54) is 22.0 Å². The Hall–Kier alpha value is -4.57. The van der Waals surface area contributed by atoms with E-state index in [0.717, 1.165) is 39.9 Å². The maximum atomic E-state index is 6.79. The quantitative estimate of drug-likeness (QED) is 0.418. The van der Waals surface area contributed by atoms with Crippen molar-refractivity contribution in [2.45, 2.75) is 6.17 Å². The molecule has 1 unspecified atom stereocenters. The Morgan fingerprint density at radius 3 is 2.43 bits per heavy atom. The van der Waals surface area contributed by atoms with Crippen LogP contribution in [-0.4, -0.2) is 17.3 Å². The van der Waals surface area contributed by atoms with Gasteiger partial charge in [0.1, 0.15) is 6.17 Å². The molecule has 168 valence electrons. The van der Waals surface area contributed by atoms with Gasteiger partial charge in [-0.2, -0.15) is 0 Å². The summed E-state index contributed by atoms with van der Waals surface area (Å²) in [6.45, 7) is 0.772. The van der Waals surface area contributed by atoms with Gasteiger partial charge >= 0.3 is 0 Å². The molecule has 5 aromatic rings. The van der Waals surface area contributed by atoms with Gasteiger partial charge in [0.05, 0.1) is 22.3 Å². The van der Waals surface area contributed by atoms with Crippen molar-refractivity contribution >= 4 is 40.0 Å². The van der Waals surface area contributed by atoms with Crippen LogP contribution in [0.2, 0.25) is 0 Å². The number of nitrogens with two attached hydrogens (primary N) is 1. The second-order valence-electron chi connectivity index (χ2n) is 9.07. The van der Waals surface area contributed by atoms with Gasteiger partial charge in [-0.15, -0.1) is 0 Å². The minimum absolute atomic E-state index is 0.0169. The van der Waals surface area contributed by atoms with Crippen molar-refractivity contribution in [3.63, 3.8) is 0 Å². The van der Waals surface area contributed by atoms with Crippen LogP contribution < -0.4 is 21.2 Å². The average Bonchev–Trinajstić information content (AvgIpc) is 3.58. The highest BCUT2D eigenvalue weighted by molar-refractivity contribution is 6.03. The molecule has 1 atom stereocenters. The van der Waals surface area contributed by atoms with E-state index in [-0.39, 0.29) is 6.17 Å². The predicted molar refractivity (Wildman–Crippen MR) is 145 cm³/mol. The second kappa shape index (κ2) is 7.74. The SMILES string of the molecule is Nc1c(/C=C2\CN(C3C=c4ccccc4=N3)c3ccccc32)n(-c2ccccc2)c2ccccc12. The molecule has 0 fully saturated rings. The maximum Gasteiger partial charge on any atom is 0.142 e. The van der Waals surface area contributed by atoms with E-state index in [4.69, 9.17) is 10.7 Å². The minimum Gasteiger partial charge on any atom is -0.396 e. The molecule has 3 heterocycles. The van der Waals surface area contributed by atoms with Crippen LogP contribution in [0.3, 0.4) is 0 Å². The van der Waals surface area contributed by atoms with E-state index in [2.05, 4.69) is 107 Å². The van der Waals surface area contributed by atoms with E-state index in [0.29, 0.717) is 0 Å². The Labute approximate surface area is 203 Å². The van der Waals surface area contributed by atoms with Gasteiger partial charge < -0.3 is 15.2 Å². The highest BCUT2D eigenvalue weighted by Crippen LogP contribution is 2.41. The van der Waals surface area contributed by atoms with Gasteiger partial charge in [0, 0.05) is 28.9 Å². The van der Waals surface area contributed by atoms with Crippen LogP contribution in [0.25, 0.3) is 34.3 Å². The van der Waals surface area contributed by atoms with E-state index in [9.17, 15) is 0 Å². The Kier molecular flexibility index (Phi) is 4.39. The fourth-order valence-electron chi connectivity index (χ4n) is 5.40. The standard InChI is InChI=1S/C31H24N4/c32-31-25-14-6-9-17-28(25)35(23-11-2-1-3-12-23)29(31)18-22-20-34(27-16-8-5-13-24(22)27)30-19-21-10-4-7-15-26(21)33-30/h1-19,30H,20,32H2/b22-18+. The zero-order valence-electron chi connectivity index (χ0n) is 19.2. The molecule has 2 aliphatic rings. The lowest BCUT2D eigenvalue weighted by molar-refractivity contribution is 0.798. The zero-order valence-corrected chi connectivity index (χ0v) is 19.2. The second-order valence-corrected chi connectivity index (χ2v) is 9.07. The highest BCUT2D eigenvalue weighted by Gasteiger charge is 2.29. The van der Waals surface area contributed by atoms with Crippen LogP contribution in [0.5, 0.6) is 0 Å². The Morgan fingerprint density at radius 1 is 0.800 bits per heavy atom. The minimum atomic E-state index is -0.0169. The number of hydrogen-bond donors (Lipinski definition) is 1. The van der Waals surface area contributed by atoms with Gasteiger partial charge in [0.2, 0.25) is 0 Å². The molecule has 2 aliphatic heterocycles. The summed E-state index contributed by atoms with van der Waals surface area (Å²) in [6, 6.07) is 35.7. The number of nitrogens with zero attached hydrogens (tertiary/aromatic N) is 3. The molecule has 2 N–H and O–H groups in total. The Morgan fingerprint density at radius 2 is 1.54 bits per heavy atom. The first kappa shape index (κ1) is 19.9. The Bertz CT molecular complexity index is 1710. The van der Waals surface area contributed by atoms with Crippen molar-refractivity contribution in [3.05, 3.63) is 125 Å². The van der Waals surface area contributed by atoms with Crippen LogP contribution in [0.15, 0.2) is 108 Å². The lowest BCUT2D eigenvalue weighted by Gasteiger charge is -2.23. The van der Waals surface area contributed by atoms with E-state index < -0.39 is 0 Å². The number of anilines is 2. The van der Waals surface area contributed by atoms with Crippen LogP contribution >= 0.6 is 0 Å². The molecule has 35 heavy (non-hydrogen) atoms. The predicted octanol–water partition coefficient (Wildman–Crippen LogP) is 5.01. The molecule has 0 amide bonds. The molecule has 7 rings (SSSR count). The molecule has 0 spiro atoms. The van der Waals surface area contributed by atoms with Crippen LogP contribution in [0, 0.1) is 0 Å². The molecule has 4 nitrogen and oxygen atoms in total. The normalized spacial score (nSPS) is 17.3. The van der Waals surface area contributed by atoms with E-state index >= 15 is 0 Å². The van der Waals surface area contributed by atoms with Crippen LogP contribution in [-0.2, 0) is 0 Å². The summed E-state index contributed by atoms with van der Waals surface area (Å²) >= 11 is 0. The number of para-hydroxylation sites is 4. The summed E-state index contributed by atoms with van der Waals surface area (Å²) in [5, 5.41) is 3.32. The summed E-state index contributed by atoms with van der Waals surface area (Å²) in [6.07, 6.45) is 4.50. The molecule has 0 radical (unpaired) electrons. The third-order valence-corrected chi connectivity index (χ3v) is 7.03. The van der Waals surface area contributed by atoms with Gasteiger partial charge in [0.15, 0.2) is 0 Å². The van der Waals surface area contributed by atoms with Gasteiger partial charge in [-0.3, -0.25) is 4.99 Å². The summed E-state index contributed by atoms with van der Waals surface area (Å²) in [7, 11) is 0. The smallest absolute Gasteiger partial charge is 0.142 e. The number of hydrogen-bond acceptors (Lipinski definition) is 3. The monoisotopic (exact) mass is 452 g/mol. The molecule has 4 heteroatoms. The molecule has 0 saturated heterocycles. The van der Waals surface area contributed by atoms with Crippen molar-refractivity contribution in [2.75, 3.05) is 17.2 Å². The number of nitrogen functional groups attached to an aromatic ring is 1. The fourth-order valence-corrected chi connectivity index (χ4v) is 5.40. The first-order valence-corrected chi connectivity index (χ1v) is 11.9. The molecular weight excluding hydrogens is 428 g/mol. The molecule has 0 saturated carbocycles. The first-order chi connectivity index (χ1) is 17.3.